The number of aromatic amines is 1. The van der Waals surface area contributed by atoms with Crippen LogP contribution >= 0.6 is 11.8 Å². The largest absolute Gasteiger partial charge is 0.396 e. The first-order chi connectivity index (χ1) is 11.3. The number of carbonyl (C=O) groups excluding carboxylic acids is 1. The van der Waals surface area contributed by atoms with Crippen LogP contribution in [-0.2, 0) is 0 Å². The number of aliphatic hydroxyl groups excluding tert-OH is 1. The quantitative estimate of drug-likeness (QED) is 0.817. The third kappa shape index (κ3) is 3.92. The summed E-state index contributed by atoms with van der Waals surface area (Å²) in [4.78, 5) is 19.7. The molecule has 2 heterocycles. The van der Waals surface area contributed by atoms with E-state index in [0.717, 1.165) is 42.2 Å². The third-order valence-electron chi connectivity index (χ3n) is 4.06. The molecule has 1 aliphatic rings. The van der Waals surface area contributed by atoms with E-state index in [1.807, 2.05) is 29.2 Å². The highest BCUT2D eigenvalue weighted by molar-refractivity contribution is 7.99. The van der Waals surface area contributed by atoms with Crippen LogP contribution in [0.25, 0.3) is 0 Å². The summed E-state index contributed by atoms with van der Waals surface area (Å²) in [6.45, 7) is 1.64. The molecular formula is C16H20N4O2S. The van der Waals surface area contributed by atoms with Crippen molar-refractivity contribution in [3.05, 3.63) is 42.0 Å². The van der Waals surface area contributed by atoms with E-state index >= 15 is 0 Å². The van der Waals surface area contributed by atoms with Crippen LogP contribution in [0.4, 0.5) is 0 Å². The predicted molar refractivity (Wildman–Crippen MR) is 88.5 cm³/mol. The van der Waals surface area contributed by atoms with E-state index < -0.39 is 0 Å². The van der Waals surface area contributed by atoms with Crippen molar-refractivity contribution in [3.63, 3.8) is 0 Å². The molecule has 6 nitrogen and oxygen atoms in total. The maximum absolute atomic E-state index is 12.6. The standard InChI is InChI=1S/C16H20N4O2S/c21-9-10-23-14-3-1-13(2-4-14)16(22)20-7-5-12(6-8-20)15-17-11-18-19-15/h1-4,11-12,21H,5-10H2,(H,17,18,19). The van der Waals surface area contributed by atoms with Crippen LogP contribution in [0, 0.1) is 0 Å². The van der Waals surface area contributed by atoms with E-state index in [-0.39, 0.29) is 12.5 Å². The summed E-state index contributed by atoms with van der Waals surface area (Å²) in [5, 5.41) is 15.7. The first-order valence-corrected chi connectivity index (χ1v) is 8.74. The van der Waals surface area contributed by atoms with Crippen LogP contribution < -0.4 is 0 Å². The molecule has 0 unspecified atom stereocenters. The Hall–Kier alpha value is -1.86. The molecule has 2 N–H and O–H groups in total. The van der Waals surface area contributed by atoms with Crippen molar-refractivity contribution >= 4 is 17.7 Å². The number of benzene rings is 1. The van der Waals surface area contributed by atoms with Gasteiger partial charge in [0.1, 0.15) is 12.2 Å². The summed E-state index contributed by atoms with van der Waals surface area (Å²) in [5.74, 6) is 2.03. The molecule has 0 radical (unpaired) electrons. The Morgan fingerprint density at radius 2 is 2.04 bits per heavy atom. The molecule has 23 heavy (non-hydrogen) atoms. The smallest absolute Gasteiger partial charge is 0.253 e. The lowest BCUT2D eigenvalue weighted by atomic mass is 9.95. The summed E-state index contributed by atoms with van der Waals surface area (Å²) in [7, 11) is 0. The molecule has 1 amide bonds. The first kappa shape index (κ1) is 16.0. The number of aliphatic hydroxyl groups is 1. The van der Waals surface area contributed by atoms with Gasteiger partial charge < -0.3 is 10.0 Å². The molecule has 1 aliphatic heterocycles. The zero-order valence-corrected chi connectivity index (χ0v) is 13.6. The number of piperidine rings is 1. The lowest BCUT2D eigenvalue weighted by Gasteiger charge is -2.31. The Balaban J connectivity index is 1.56. The zero-order chi connectivity index (χ0) is 16.1. The first-order valence-electron chi connectivity index (χ1n) is 7.76. The second-order valence-corrected chi connectivity index (χ2v) is 6.70. The van der Waals surface area contributed by atoms with E-state index in [2.05, 4.69) is 15.2 Å². The van der Waals surface area contributed by atoms with Gasteiger partial charge in [0.25, 0.3) is 5.91 Å². The fraction of sp³-hybridized carbons (Fsp3) is 0.438. The minimum Gasteiger partial charge on any atom is -0.396 e. The predicted octanol–water partition coefficient (Wildman–Crippen LogP) is 1.91. The number of likely N-dealkylation sites (tertiary alicyclic amines) is 1. The summed E-state index contributed by atoms with van der Waals surface area (Å²) in [6, 6.07) is 7.61. The van der Waals surface area contributed by atoms with Gasteiger partial charge in [-0.1, -0.05) is 0 Å². The number of thioether (sulfide) groups is 1. The number of carbonyl (C=O) groups is 1. The van der Waals surface area contributed by atoms with Crippen LogP contribution in [0.3, 0.4) is 0 Å². The van der Waals surface area contributed by atoms with Gasteiger partial charge in [0.15, 0.2) is 0 Å². The minimum absolute atomic E-state index is 0.0831. The van der Waals surface area contributed by atoms with Crippen molar-refractivity contribution in [2.45, 2.75) is 23.7 Å². The number of aromatic nitrogens is 3. The number of H-pyrrole nitrogens is 1. The number of rotatable bonds is 5. The number of nitrogens with zero attached hydrogens (tertiary/aromatic N) is 3. The van der Waals surface area contributed by atoms with Crippen molar-refractivity contribution in [2.24, 2.45) is 0 Å². The minimum atomic E-state index is 0.0831. The third-order valence-corrected chi connectivity index (χ3v) is 5.06. The zero-order valence-electron chi connectivity index (χ0n) is 12.8. The number of hydrogen-bond acceptors (Lipinski definition) is 5. The average Bonchev–Trinajstić information content (AvgIpc) is 3.14. The summed E-state index contributed by atoms with van der Waals surface area (Å²) >= 11 is 1.58. The van der Waals surface area contributed by atoms with Crippen LogP contribution in [0.15, 0.2) is 35.5 Å². The van der Waals surface area contributed by atoms with Gasteiger partial charge in [-0.3, -0.25) is 9.89 Å². The van der Waals surface area contributed by atoms with Gasteiger partial charge >= 0.3 is 0 Å². The number of hydrogen-bond donors (Lipinski definition) is 2. The molecular weight excluding hydrogens is 312 g/mol. The Bertz CT molecular complexity index is 622. The van der Waals surface area contributed by atoms with Crippen molar-refractivity contribution in [1.82, 2.24) is 20.1 Å². The fourth-order valence-electron chi connectivity index (χ4n) is 2.81. The monoisotopic (exact) mass is 332 g/mol. The van der Waals surface area contributed by atoms with E-state index in [1.165, 1.54) is 6.33 Å². The average molecular weight is 332 g/mol. The molecule has 0 atom stereocenters. The molecule has 1 aromatic carbocycles. The van der Waals surface area contributed by atoms with Gasteiger partial charge in [-0.25, -0.2) is 4.98 Å². The van der Waals surface area contributed by atoms with Crippen LogP contribution in [0.1, 0.15) is 34.9 Å². The van der Waals surface area contributed by atoms with E-state index in [4.69, 9.17) is 5.11 Å². The number of amides is 1. The molecule has 1 saturated heterocycles. The molecule has 0 bridgehead atoms. The molecule has 0 spiro atoms. The Morgan fingerprint density at radius 3 is 2.65 bits per heavy atom. The highest BCUT2D eigenvalue weighted by atomic mass is 32.2. The molecule has 7 heteroatoms. The van der Waals surface area contributed by atoms with Gasteiger partial charge in [0, 0.05) is 35.2 Å². The van der Waals surface area contributed by atoms with Crippen molar-refractivity contribution in [3.8, 4) is 0 Å². The highest BCUT2D eigenvalue weighted by Crippen LogP contribution is 2.26. The molecule has 1 fully saturated rings. The van der Waals surface area contributed by atoms with Crippen molar-refractivity contribution in [1.29, 1.82) is 0 Å². The summed E-state index contributed by atoms with van der Waals surface area (Å²) in [5.41, 5.74) is 0.719. The maximum Gasteiger partial charge on any atom is 0.253 e. The van der Waals surface area contributed by atoms with Gasteiger partial charge in [-0.15, -0.1) is 11.8 Å². The highest BCUT2D eigenvalue weighted by Gasteiger charge is 2.25. The van der Waals surface area contributed by atoms with Crippen LogP contribution in [0.2, 0.25) is 0 Å². The van der Waals surface area contributed by atoms with E-state index in [0.29, 0.717) is 11.7 Å². The summed E-state index contributed by atoms with van der Waals surface area (Å²) in [6.07, 6.45) is 3.35. The van der Waals surface area contributed by atoms with E-state index in [1.54, 1.807) is 11.8 Å². The molecule has 122 valence electrons. The summed E-state index contributed by atoms with van der Waals surface area (Å²) < 4.78 is 0. The van der Waals surface area contributed by atoms with Crippen LogP contribution in [-0.4, -0.2) is 56.5 Å². The van der Waals surface area contributed by atoms with Crippen molar-refractivity contribution < 1.29 is 9.90 Å². The van der Waals surface area contributed by atoms with Crippen LogP contribution in [0.5, 0.6) is 0 Å². The second-order valence-electron chi connectivity index (χ2n) is 5.53. The normalized spacial score (nSPS) is 15.8. The Kier molecular flexibility index (Phi) is 5.30. The maximum atomic E-state index is 12.6. The van der Waals surface area contributed by atoms with Gasteiger partial charge in [0.05, 0.1) is 6.61 Å². The SMILES string of the molecule is O=C(c1ccc(SCCO)cc1)N1CCC(c2ncn[nH]2)CC1. The Morgan fingerprint density at radius 1 is 1.30 bits per heavy atom. The molecule has 0 aliphatic carbocycles. The topological polar surface area (TPSA) is 82.1 Å². The number of nitrogens with one attached hydrogen (secondary N) is 1. The lowest BCUT2D eigenvalue weighted by Crippen LogP contribution is -2.38. The Labute approximate surface area is 139 Å². The molecule has 1 aromatic heterocycles. The van der Waals surface area contributed by atoms with Gasteiger partial charge in [0.2, 0.25) is 0 Å². The van der Waals surface area contributed by atoms with E-state index in [9.17, 15) is 4.79 Å². The molecule has 2 aromatic rings. The van der Waals surface area contributed by atoms with Gasteiger partial charge in [-0.05, 0) is 37.1 Å². The second kappa shape index (κ2) is 7.61. The lowest BCUT2D eigenvalue weighted by molar-refractivity contribution is 0.0711. The fourth-order valence-corrected chi connectivity index (χ4v) is 3.46. The van der Waals surface area contributed by atoms with Crippen molar-refractivity contribution in [2.75, 3.05) is 25.4 Å². The molecule has 0 saturated carbocycles. The van der Waals surface area contributed by atoms with Gasteiger partial charge in [-0.2, -0.15) is 5.10 Å². The molecule has 3 rings (SSSR count).